The highest BCUT2D eigenvalue weighted by molar-refractivity contribution is 7.20. The van der Waals surface area contributed by atoms with Gasteiger partial charge in [-0.05, 0) is 42.7 Å². The highest BCUT2D eigenvalue weighted by Gasteiger charge is 2.20. The first-order valence-corrected chi connectivity index (χ1v) is 9.26. The number of rotatable bonds is 4. The number of methoxy groups -OCH3 is 1. The van der Waals surface area contributed by atoms with Gasteiger partial charge in [-0.3, -0.25) is 4.40 Å². The van der Waals surface area contributed by atoms with E-state index in [4.69, 9.17) is 9.72 Å². The summed E-state index contributed by atoms with van der Waals surface area (Å²) < 4.78 is 7.36. The van der Waals surface area contributed by atoms with E-state index in [2.05, 4.69) is 32.2 Å². The number of thiazole rings is 1. The van der Waals surface area contributed by atoms with Crippen molar-refractivity contribution in [1.82, 2.24) is 9.38 Å². The Morgan fingerprint density at radius 2 is 1.81 bits per heavy atom. The fourth-order valence-electron chi connectivity index (χ4n) is 3.39. The number of aromatic nitrogens is 2. The molecule has 5 heteroatoms. The molecule has 2 aromatic heterocycles. The Hall–Kier alpha value is -2.63. The number of aliphatic hydroxyl groups excluding tert-OH is 1. The van der Waals surface area contributed by atoms with Crippen LogP contribution in [0.2, 0.25) is 0 Å². The topological polar surface area (TPSA) is 46.8 Å². The number of hydrogen-bond donors (Lipinski definition) is 1. The zero-order chi connectivity index (χ0) is 18.3. The molecule has 4 nitrogen and oxygen atoms in total. The summed E-state index contributed by atoms with van der Waals surface area (Å²) in [4.78, 5) is 6.88. The van der Waals surface area contributed by atoms with Crippen molar-refractivity contribution in [3.05, 3.63) is 65.5 Å². The molecule has 0 saturated carbocycles. The van der Waals surface area contributed by atoms with E-state index < -0.39 is 0 Å². The molecular weight excluding hydrogens is 344 g/mol. The van der Waals surface area contributed by atoms with Gasteiger partial charge in [-0.1, -0.05) is 41.7 Å². The summed E-state index contributed by atoms with van der Waals surface area (Å²) in [6.07, 6.45) is 2.06. The van der Waals surface area contributed by atoms with Crippen LogP contribution in [0.15, 0.2) is 48.7 Å². The zero-order valence-corrected chi connectivity index (χ0v) is 15.8. The molecule has 0 amide bonds. The van der Waals surface area contributed by atoms with E-state index in [1.807, 2.05) is 34.7 Å². The molecule has 4 rings (SSSR count). The van der Waals surface area contributed by atoms with Crippen LogP contribution in [0.3, 0.4) is 0 Å². The molecular formula is C21H20N2O2S. The van der Waals surface area contributed by atoms with E-state index in [1.165, 1.54) is 0 Å². The molecule has 0 atom stereocenters. The van der Waals surface area contributed by atoms with E-state index >= 15 is 0 Å². The van der Waals surface area contributed by atoms with Crippen LogP contribution in [-0.4, -0.2) is 21.6 Å². The predicted molar refractivity (Wildman–Crippen MR) is 106 cm³/mol. The maximum atomic E-state index is 10.0. The van der Waals surface area contributed by atoms with Crippen LogP contribution in [0, 0.1) is 13.8 Å². The Kier molecular flexibility index (Phi) is 4.26. The van der Waals surface area contributed by atoms with E-state index in [-0.39, 0.29) is 6.61 Å². The van der Waals surface area contributed by atoms with Gasteiger partial charge in [0.05, 0.1) is 30.0 Å². The first kappa shape index (κ1) is 16.8. The van der Waals surface area contributed by atoms with Gasteiger partial charge in [0.15, 0.2) is 4.96 Å². The summed E-state index contributed by atoms with van der Waals surface area (Å²) >= 11 is 1.63. The number of aryl methyl sites for hydroxylation is 2. The SMILES string of the molecule is COc1cc(C)c(-c2nc3sc(-c4ccccc4)cn3c2CO)c(C)c1. The fourth-order valence-corrected chi connectivity index (χ4v) is 4.40. The number of aliphatic hydroxyl groups is 1. The minimum absolute atomic E-state index is 0.0631. The first-order chi connectivity index (χ1) is 12.6. The van der Waals surface area contributed by atoms with Gasteiger partial charge in [0, 0.05) is 11.8 Å². The summed E-state index contributed by atoms with van der Waals surface area (Å²) in [6, 6.07) is 14.2. The lowest BCUT2D eigenvalue weighted by Gasteiger charge is -2.11. The van der Waals surface area contributed by atoms with Gasteiger partial charge < -0.3 is 9.84 Å². The predicted octanol–water partition coefficient (Wildman–Crippen LogP) is 4.85. The van der Waals surface area contributed by atoms with Gasteiger partial charge in [0.2, 0.25) is 0 Å². The van der Waals surface area contributed by atoms with Crippen molar-refractivity contribution in [3.63, 3.8) is 0 Å². The highest BCUT2D eigenvalue weighted by atomic mass is 32.1. The zero-order valence-electron chi connectivity index (χ0n) is 15.0. The Morgan fingerprint density at radius 1 is 1.12 bits per heavy atom. The van der Waals surface area contributed by atoms with Crippen molar-refractivity contribution in [2.45, 2.75) is 20.5 Å². The summed E-state index contributed by atoms with van der Waals surface area (Å²) in [5.41, 5.74) is 6.05. The molecule has 0 aliphatic rings. The first-order valence-electron chi connectivity index (χ1n) is 8.45. The molecule has 0 bridgehead atoms. The van der Waals surface area contributed by atoms with Crippen LogP contribution in [-0.2, 0) is 6.61 Å². The molecule has 0 saturated heterocycles. The molecule has 2 aromatic carbocycles. The fraction of sp³-hybridized carbons (Fsp3) is 0.190. The minimum Gasteiger partial charge on any atom is -0.497 e. The van der Waals surface area contributed by atoms with Crippen molar-refractivity contribution in [3.8, 4) is 27.4 Å². The number of fused-ring (bicyclic) bond motifs is 1. The van der Waals surface area contributed by atoms with E-state index in [0.717, 1.165) is 49.2 Å². The van der Waals surface area contributed by atoms with Gasteiger partial charge in [0.1, 0.15) is 5.75 Å². The molecule has 2 heterocycles. The number of benzene rings is 2. The lowest BCUT2D eigenvalue weighted by atomic mass is 9.98. The molecule has 0 aliphatic heterocycles. The number of hydrogen-bond acceptors (Lipinski definition) is 4. The summed E-state index contributed by atoms with van der Waals surface area (Å²) in [7, 11) is 1.67. The number of imidazole rings is 1. The van der Waals surface area contributed by atoms with Gasteiger partial charge in [-0.25, -0.2) is 4.98 Å². The van der Waals surface area contributed by atoms with Gasteiger partial charge in [-0.15, -0.1) is 0 Å². The smallest absolute Gasteiger partial charge is 0.195 e. The summed E-state index contributed by atoms with van der Waals surface area (Å²) in [5.74, 6) is 0.835. The molecule has 0 unspecified atom stereocenters. The summed E-state index contributed by atoms with van der Waals surface area (Å²) in [5, 5.41) is 10.0. The summed E-state index contributed by atoms with van der Waals surface area (Å²) in [6.45, 7) is 4.04. The monoisotopic (exact) mass is 364 g/mol. The van der Waals surface area contributed by atoms with Crippen LogP contribution in [0.5, 0.6) is 5.75 Å². The van der Waals surface area contributed by atoms with E-state index in [1.54, 1.807) is 18.4 Å². The Balaban J connectivity index is 1.89. The van der Waals surface area contributed by atoms with Crippen molar-refractivity contribution in [2.75, 3.05) is 7.11 Å². The molecule has 132 valence electrons. The third-order valence-electron chi connectivity index (χ3n) is 4.61. The molecule has 1 N–H and O–H groups in total. The third kappa shape index (κ3) is 2.69. The highest BCUT2D eigenvalue weighted by Crippen LogP contribution is 2.36. The van der Waals surface area contributed by atoms with E-state index in [0.29, 0.717) is 0 Å². The Morgan fingerprint density at radius 3 is 2.42 bits per heavy atom. The second-order valence-electron chi connectivity index (χ2n) is 6.32. The Bertz CT molecular complexity index is 1060. The van der Waals surface area contributed by atoms with Crippen LogP contribution < -0.4 is 4.74 Å². The van der Waals surface area contributed by atoms with Crippen molar-refractivity contribution >= 4 is 16.3 Å². The molecule has 4 aromatic rings. The van der Waals surface area contributed by atoms with Crippen molar-refractivity contribution in [1.29, 1.82) is 0 Å². The second kappa shape index (κ2) is 6.59. The minimum atomic E-state index is -0.0631. The largest absolute Gasteiger partial charge is 0.497 e. The third-order valence-corrected chi connectivity index (χ3v) is 5.64. The average Bonchev–Trinajstić information content (AvgIpc) is 3.19. The molecule has 26 heavy (non-hydrogen) atoms. The van der Waals surface area contributed by atoms with Crippen LogP contribution in [0.1, 0.15) is 16.8 Å². The standard InChI is InChI=1S/C21H20N2O2S/c1-13-9-16(25-3)10-14(2)19(13)20-17(12-24)23-11-18(26-21(23)22-20)15-7-5-4-6-8-15/h4-11,24H,12H2,1-3H3. The molecule has 0 spiro atoms. The lowest BCUT2D eigenvalue weighted by Crippen LogP contribution is -1.97. The average molecular weight is 364 g/mol. The Labute approximate surface area is 156 Å². The van der Waals surface area contributed by atoms with Crippen molar-refractivity contribution in [2.24, 2.45) is 0 Å². The molecule has 0 aliphatic carbocycles. The molecule has 0 radical (unpaired) electrons. The van der Waals surface area contributed by atoms with Gasteiger partial charge >= 0.3 is 0 Å². The lowest BCUT2D eigenvalue weighted by molar-refractivity contribution is 0.276. The number of nitrogens with zero attached hydrogens (tertiary/aromatic N) is 2. The molecule has 0 fully saturated rings. The van der Waals surface area contributed by atoms with Crippen LogP contribution in [0.25, 0.3) is 26.7 Å². The normalized spacial score (nSPS) is 11.2. The van der Waals surface area contributed by atoms with Crippen LogP contribution in [0.4, 0.5) is 0 Å². The van der Waals surface area contributed by atoms with Gasteiger partial charge in [0.25, 0.3) is 0 Å². The van der Waals surface area contributed by atoms with Crippen molar-refractivity contribution < 1.29 is 9.84 Å². The van der Waals surface area contributed by atoms with E-state index in [9.17, 15) is 5.11 Å². The van der Waals surface area contributed by atoms with Crippen LogP contribution >= 0.6 is 11.3 Å². The quantitative estimate of drug-likeness (QED) is 0.563. The second-order valence-corrected chi connectivity index (χ2v) is 7.32. The maximum absolute atomic E-state index is 10.0. The van der Waals surface area contributed by atoms with Gasteiger partial charge in [-0.2, -0.15) is 0 Å². The maximum Gasteiger partial charge on any atom is 0.195 e. The number of ether oxygens (including phenoxy) is 1.